The number of ether oxygens (including phenoxy) is 2. The van der Waals surface area contributed by atoms with Gasteiger partial charge < -0.3 is 20.1 Å². The Balaban J connectivity index is 1.90. The number of halogens is 1. The molecule has 0 aromatic heterocycles. The number of rotatable bonds is 4. The van der Waals surface area contributed by atoms with E-state index < -0.39 is 5.82 Å². The van der Waals surface area contributed by atoms with Crippen molar-refractivity contribution < 1.29 is 18.7 Å². The van der Waals surface area contributed by atoms with Crippen LogP contribution in [-0.2, 0) is 9.53 Å². The zero-order valence-electron chi connectivity index (χ0n) is 11.5. The Bertz CT molecular complexity index is 473. The Hall–Kier alpha value is -1.66. The summed E-state index contributed by atoms with van der Waals surface area (Å²) in [5.41, 5.74) is 6.06. The Kier molecular flexibility index (Phi) is 4.92. The fraction of sp³-hybridized carbons (Fsp3) is 0.500. The van der Waals surface area contributed by atoms with E-state index >= 15 is 0 Å². The van der Waals surface area contributed by atoms with Crippen LogP contribution < -0.4 is 10.5 Å². The highest BCUT2D eigenvalue weighted by Gasteiger charge is 2.17. The van der Waals surface area contributed by atoms with Crippen molar-refractivity contribution in [1.29, 1.82) is 0 Å². The number of nitrogens with zero attached hydrogens (tertiary/aromatic N) is 1. The van der Waals surface area contributed by atoms with Crippen molar-refractivity contribution in [3.05, 3.63) is 29.6 Å². The van der Waals surface area contributed by atoms with E-state index in [0.717, 1.165) is 0 Å². The summed E-state index contributed by atoms with van der Waals surface area (Å²) in [4.78, 5) is 13.5. The van der Waals surface area contributed by atoms with Crippen LogP contribution in [-0.4, -0.2) is 43.7 Å². The van der Waals surface area contributed by atoms with Crippen LogP contribution >= 0.6 is 0 Å². The summed E-state index contributed by atoms with van der Waals surface area (Å²) in [6, 6.07) is 4.08. The Morgan fingerprint density at radius 2 is 2.20 bits per heavy atom. The molecule has 0 spiro atoms. The number of hydrogen-bond donors (Lipinski definition) is 1. The molecule has 0 saturated carbocycles. The van der Waals surface area contributed by atoms with E-state index in [1.165, 1.54) is 6.07 Å². The summed E-state index contributed by atoms with van der Waals surface area (Å²) in [5.74, 6) is -0.213. The molecule has 1 aliphatic rings. The standard InChI is InChI=1S/C14H19FN2O3/c1-10(16)12-3-2-11(8-13(12)15)20-9-14(18)17-4-6-19-7-5-17/h2-3,8,10H,4-7,9,16H2,1H3/t10-/m0/s1. The van der Waals surface area contributed by atoms with E-state index in [4.69, 9.17) is 15.2 Å². The van der Waals surface area contributed by atoms with Gasteiger partial charge >= 0.3 is 0 Å². The lowest BCUT2D eigenvalue weighted by Crippen LogP contribution is -2.42. The second-order valence-electron chi connectivity index (χ2n) is 4.75. The van der Waals surface area contributed by atoms with Crippen LogP contribution in [0, 0.1) is 5.82 Å². The molecule has 1 aromatic carbocycles. The molecular formula is C14H19FN2O3. The first kappa shape index (κ1) is 14.7. The highest BCUT2D eigenvalue weighted by Crippen LogP contribution is 2.20. The number of amides is 1. The third-order valence-electron chi connectivity index (χ3n) is 3.19. The molecule has 5 nitrogen and oxygen atoms in total. The van der Waals surface area contributed by atoms with Crippen LogP contribution in [0.3, 0.4) is 0 Å². The second kappa shape index (κ2) is 6.67. The molecule has 0 unspecified atom stereocenters. The molecule has 1 amide bonds. The molecule has 20 heavy (non-hydrogen) atoms. The highest BCUT2D eigenvalue weighted by molar-refractivity contribution is 5.77. The van der Waals surface area contributed by atoms with Crippen molar-refractivity contribution in [3.63, 3.8) is 0 Å². The topological polar surface area (TPSA) is 64.8 Å². The zero-order valence-corrected chi connectivity index (χ0v) is 11.5. The van der Waals surface area contributed by atoms with E-state index in [-0.39, 0.29) is 18.6 Å². The first-order chi connectivity index (χ1) is 9.58. The monoisotopic (exact) mass is 282 g/mol. The van der Waals surface area contributed by atoms with Gasteiger partial charge in [-0.15, -0.1) is 0 Å². The summed E-state index contributed by atoms with van der Waals surface area (Å²) in [5, 5.41) is 0. The Morgan fingerprint density at radius 1 is 1.50 bits per heavy atom. The lowest BCUT2D eigenvalue weighted by molar-refractivity contribution is -0.137. The van der Waals surface area contributed by atoms with Gasteiger partial charge in [0.2, 0.25) is 0 Å². The molecule has 6 heteroatoms. The van der Waals surface area contributed by atoms with Crippen molar-refractivity contribution >= 4 is 5.91 Å². The molecule has 1 fully saturated rings. The maximum absolute atomic E-state index is 13.7. The third kappa shape index (κ3) is 3.68. The number of carbonyl (C=O) groups is 1. The SMILES string of the molecule is C[C@H](N)c1ccc(OCC(=O)N2CCOCC2)cc1F. The Morgan fingerprint density at radius 3 is 2.80 bits per heavy atom. The number of morpholine rings is 1. The van der Waals surface area contributed by atoms with Crippen molar-refractivity contribution in [3.8, 4) is 5.75 Å². The first-order valence-electron chi connectivity index (χ1n) is 6.61. The molecule has 1 aliphatic heterocycles. The minimum Gasteiger partial charge on any atom is -0.484 e. The normalized spacial score (nSPS) is 16.9. The largest absolute Gasteiger partial charge is 0.484 e. The molecule has 1 heterocycles. The molecule has 1 aromatic rings. The summed E-state index contributed by atoms with van der Waals surface area (Å²) in [7, 11) is 0. The fourth-order valence-electron chi connectivity index (χ4n) is 2.02. The molecule has 2 N–H and O–H groups in total. The molecule has 110 valence electrons. The van der Waals surface area contributed by atoms with Gasteiger partial charge in [0.15, 0.2) is 6.61 Å². The van der Waals surface area contributed by atoms with E-state index in [1.807, 2.05) is 0 Å². The van der Waals surface area contributed by atoms with Crippen molar-refractivity contribution in [2.24, 2.45) is 5.73 Å². The maximum atomic E-state index is 13.7. The van der Waals surface area contributed by atoms with Crippen LogP contribution in [0.15, 0.2) is 18.2 Å². The van der Waals surface area contributed by atoms with Crippen LogP contribution in [0.1, 0.15) is 18.5 Å². The minimum absolute atomic E-state index is 0.100. The van der Waals surface area contributed by atoms with Gasteiger partial charge in [0, 0.05) is 30.8 Å². The second-order valence-corrected chi connectivity index (χ2v) is 4.75. The molecule has 2 rings (SSSR count). The molecule has 1 atom stereocenters. The summed E-state index contributed by atoms with van der Waals surface area (Å²) in [6.07, 6.45) is 0. The number of benzene rings is 1. The van der Waals surface area contributed by atoms with Crippen LogP contribution in [0.5, 0.6) is 5.75 Å². The van der Waals surface area contributed by atoms with Gasteiger partial charge in [0.05, 0.1) is 13.2 Å². The lowest BCUT2D eigenvalue weighted by atomic mass is 10.1. The smallest absolute Gasteiger partial charge is 0.260 e. The Labute approximate surface area is 117 Å². The van der Waals surface area contributed by atoms with Gasteiger partial charge in [-0.2, -0.15) is 0 Å². The third-order valence-corrected chi connectivity index (χ3v) is 3.19. The van der Waals surface area contributed by atoms with Crippen LogP contribution in [0.2, 0.25) is 0 Å². The highest BCUT2D eigenvalue weighted by atomic mass is 19.1. The molecule has 0 bridgehead atoms. The van der Waals surface area contributed by atoms with Gasteiger partial charge in [-0.1, -0.05) is 6.07 Å². The van der Waals surface area contributed by atoms with Gasteiger partial charge in [-0.25, -0.2) is 4.39 Å². The van der Waals surface area contributed by atoms with Gasteiger partial charge in [-0.3, -0.25) is 4.79 Å². The van der Waals surface area contributed by atoms with Crippen LogP contribution in [0.4, 0.5) is 4.39 Å². The average molecular weight is 282 g/mol. The average Bonchev–Trinajstić information content (AvgIpc) is 2.45. The number of carbonyl (C=O) groups excluding carboxylic acids is 1. The first-order valence-corrected chi connectivity index (χ1v) is 6.61. The maximum Gasteiger partial charge on any atom is 0.260 e. The van der Waals surface area contributed by atoms with Gasteiger partial charge in [0.1, 0.15) is 11.6 Å². The van der Waals surface area contributed by atoms with Crippen molar-refractivity contribution in [2.45, 2.75) is 13.0 Å². The van der Waals surface area contributed by atoms with Crippen molar-refractivity contribution in [2.75, 3.05) is 32.9 Å². The zero-order chi connectivity index (χ0) is 14.5. The summed E-state index contributed by atoms with van der Waals surface area (Å²) in [6.45, 7) is 3.84. The van der Waals surface area contributed by atoms with Crippen LogP contribution in [0.25, 0.3) is 0 Å². The van der Waals surface area contributed by atoms with Crippen molar-refractivity contribution in [1.82, 2.24) is 4.90 Å². The van der Waals surface area contributed by atoms with E-state index in [0.29, 0.717) is 37.6 Å². The predicted molar refractivity (Wildman–Crippen MR) is 71.9 cm³/mol. The molecule has 1 saturated heterocycles. The number of nitrogens with two attached hydrogens (primary N) is 1. The predicted octanol–water partition coefficient (Wildman–Crippen LogP) is 1.08. The fourth-order valence-corrected chi connectivity index (χ4v) is 2.02. The quantitative estimate of drug-likeness (QED) is 0.897. The molecule has 0 radical (unpaired) electrons. The van der Waals surface area contributed by atoms with E-state index in [1.54, 1.807) is 24.0 Å². The number of hydrogen-bond acceptors (Lipinski definition) is 4. The molecule has 0 aliphatic carbocycles. The van der Waals surface area contributed by atoms with Gasteiger partial charge in [0.25, 0.3) is 5.91 Å². The van der Waals surface area contributed by atoms with E-state index in [9.17, 15) is 9.18 Å². The minimum atomic E-state index is -0.420. The summed E-state index contributed by atoms with van der Waals surface area (Å²) >= 11 is 0. The summed E-state index contributed by atoms with van der Waals surface area (Å²) < 4.78 is 24.2. The van der Waals surface area contributed by atoms with E-state index in [2.05, 4.69) is 0 Å². The lowest BCUT2D eigenvalue weighted by Gasteiger charge is -2.26. The molecular weight excluding hydrogens is 263 g/mol. The van der Waals surface area contributed by atoms with Gasteiger partial charge in [-0.05, 0) is 13.0 Å².